The second-order valence-electron chi connectivity index (χ2n) is 9.64. The van der Waals surface area contributed by atoms with Crippen LogP contribution in [0.15, 0.2) is 36.4 Å². The Labute approximate surface area is 255 Å². The summed E-state index contributed by atoms with van der Waals surface area (Å²) >= 11 is 17.5. The van der Waals surface area contributed by atoms with E-state index in [1.165, 1.54) is 20.8 Å². The van der Waals surface area contributed by atoms with Gasteiger partial charge >= 0.3 is 18.5 Å². The third-order valence-electron chi connectivity index (χ3n) is 6.02. The molecule has 0 heterocycles. The van der Waals surface area contributed by atoms with Crippen molar-refractivity contribution in [2.45, 2.75) is 70.3 Å². The minimum atomic E-state index is -5.14. The molecule has 0 aromatic heterocycles. The minimum Gasteiger partial charge on any atom is -0.332 e. The standard InChI is InChI=1S/C27H24Cl3F9N2O2/c1-13(2)41(22(42)8-9-25(31,32)33)14(3)40-24(43)17-6-4-15(10-19(17)27(37,38)39)5-7-18(26(34,35)36)16-11-20(28)23(30)21(29)12-16/h4-7,10-14,18H,8-9H2,1-3H3,(H,40,43)/b7-5+/t14-,18?/m0/s1. The van der Waals surface area contributed by atoms with Gasteiger partial charge in [0, 0.05) is 12.5 Å². The lowest BCUT2D eigenvalue weighted by molar-refractivity contribution is -0.151. The lowest BCUT2D eigenvalue weighted by Crippen LogP contribution is -2.52. The number of nitrogens with zero attached hydrogens (tertiary/aromatic N) is 1. The summed E-state index contributed by atoms with van der Waals surface area (Å²) in [4.78, 5) is 26.1. The summed E-state index contributed by atoms with van der Waals surface area (Å²) in [5.74, 6) is -4.64. The first-order valence-corrected chi connectivity index (χ1v) is 13.5. The summed E-state index contributed by atoms with van der Waals surface area (Å²) in [6.07, 6.45) is -17.0. The van der Waals surface area contributed by atoms with Crippen LogP contribution in [0.1, 0.15) is 66.6 Å². The van der Waals surface area contributed by atoms with E-state index in [2.05, 4.69) is 5.32 Å². The van der Waals surface area contributed by atoms with E-state index in [-0.39, 0.29) is 20.6 Å². The number of benzene rings is 2. The maximum atomic E-state index is 13.9. The van der Waals surface area contributed by atoms with Crippen LogP contribution in [-0.2, 0) is 11.0 Å². The van der Waals surface area contributed by atoms with Crippen molar-refractivity contribution in [3.63, 3.8) is 0 Å². The molecule has 0 aliphatic rings. The molecule has 43 heavy (non-hydrogen) atoms. The van der Waals surface area contributed by atoms with Crippen molar-refractivity contribution in [3.05, 3.63) is 73.7 Å². The fourth-order valence-corrected chi connectivity index (χ4v) is 4.75. The molecule has 2 amide bonds. The first-order chi connectivity index (χ1) is 19.5. The highest BCUT2D eigenvalue weighted by atomic mass is 35.5. The van der Waals surface area contributed by atoms with Gasteiger partial charge in [0.25, 0.3) is 5.91 Å². The molecule has 0 bridgehead atoms. The summed E-state index contributed by atoms with van der Waals surface area (Å²) in [5, 5.41) is 1.45. The van der Waals surface area contributed by atoms with Gasteiger partial charge < -0.3 is 10.2 Å². The Bertz CT molecular complexity index is 1330. The van der Waals surface area contributed by atoms with Crippen LogP contribution < -0.4 is 5.32 Å². The molecule has 0 spiro atoms. The largest absolute Gasteiger partial charge is 0.417 e. The minimum absolute atomic E-state index is 0.183. The van der Waals surface area contributed by atoms with Crippen LogP contribution in [0.5, 0.6) is 0 Å². The summed E-state index contributed by atoms with van der Waals surface area (Å²) in [6.45, 7) is 4.09. The van der Waals surface area contributed by atoms with Gasteiger partial charge in [0.15, 0.2) is 0 Å². The zero-order valence-corrected chi connectivity index (χ0v) is 24.8. The number of hydrogen-bond acceptors (Lipinski definition) is 2. The van der Waals surface area contributed by atoms with Crippen LogP contribution in [0, 0.1) is 0 Å². The van der Waals surface area contributed by atoms with Crippen molar-refractivity contribution in [1.82, 2.24) is 10.2 Å². The summed E-state index contributed by atoms with van der Waals surface area (Å²) in [5.41, 5.74) is -3.20. The normalized spacial score (nSPS) is 14.2. The topological polar surface area (TPSA) is 49.4 Å². The molecule has 0 aliphatic carbocycles. The highest BCUT2D eigenvalue weighted by Gasteiger charge is 2.40. The first-order valence-electron chi connectivity index (χ1n) is 12.3. The Kier molecular flexibility index (Phi) is 11.9. The quantitative estimate of drug-likeness (QED) is 0.162. The number of hydrogen-bond donors (Lipinski definition) is 1. The van der Waals surface area contributed by atoms with Crippen LogP contribution in [0.3, 0.4) is 0 Å². The molecule has 1 N–H and O–H groups in total. The zero-order chi connectivity index (χ0) is 33.1. The zero-order valence-electron chi connectivity index (χ0n) is 22.5. The Morgan fingerprint density at radius 3 is 1.93 bits per heavy atom. The molecule has 238 valence electrons. The molecule has 4 nitrogen and oxygen atoms in total. The van der Waals surface area contributed by atoms with Gasteiger partial charge in [-0.1, -0.05) is 53.0 Å². The molecule has 0 radical (unpaired) electrons. The van der Waals surface area contributed by atoms with E-state index in [0.717, 1.165) is 35.2 Å². The number of nitrogens with one attached hydrogen (secondary N) is 1. The van der Waals surface area contributed by atoms with Crippen LogP contribution in [0.2, 0.25) is 15.1 Å². The Morgan fingerprint density at radius 2 is 1.47 bits per heavy atom. The monoisotopic (exact) mass is 684 g/mol. The fraction of sp³-hybridized carbons (Fsp3) is 0.407. The van der Waals surface area contributed by atoms with Crippen molar-refractivity contribution in [3.8, 4) is 0 Å². The number of carbonyl (C=O) groups is 2. The second kappa shape index (κ2) is 14.0. The molecule has 0 saturated heterocycles. The molecule has 0 saturated carbocycles. The smallest absolute Gasteiger partial charge is 0.332 e. The van der Waals surface area contributed by atoms with E-state index in [1.54, 1.807) is 0 Å². The van der Waals surface area contributed by atoms with E-state index < -0.39 is 78.0 Å². The van der Waals surface area contributed by atoms with Crippen LogP contribution >= 0.6 is 34.8 Å². The third kappa shape index (κ3) is 10.2. The van der Waals surface area contributed by atoms with Crippen LogP contribution in [0.4, 0.5) is 39.5 Å². The molecule has 0 fully saturated rings. The molecular weight excluding hydrogens is 662 g/mol. The van der Waals surface area contributed by atoms with Crippen molar-refractivity contribution >= 4 is 52.7 Å². The van der Waals surface area contributed by atoms with Crippen LogP contribution in [0.25, 0.3) is 6.08 Å². The van der Waals surface area contributed by atoms with Crippen LogP contribution in [-0.4, -0.2) is 41.3 Å². The fourth-order valence-electron chi connectivity index (χ4n) is 4.14. The molecule has 2 aromatic carbocycles. The highest BCUT2D eigenvalue weighted by molar-refractivity contribution is 6.48. The predicted octanol–water partition coefficient (Wildman–Crippen LogP) is 9.68. The van der Waals surface area contributed by atoms with Crippen molar-refractivity contribution in [1.29, 1.82) is 0 Å². The molecule has 2 rings (SSSR count). The van der Waals surface area contributed by atoms with Crippen molar-refractivity contribution in [2.75, 3.05) is 0 Å². The van der Waals surface area contributed by atoms with Gasteiger partial charge in [-0.3, -0.25) is 9.59 Å². The van der Waals surface area contributed by atoms with E-state index in [9.17, 15) is 49.1 Å². The van der Waals surface area contributed by atoms with E-state index in [0.29, 0.717) is 12.1 Å². The van der Waals surface area contributed by atoms with Gasteiger partial charge in [-0.25, -0.2) is 0 Å². The molecule has 16 heteroatoms. The molecule has 2 atom stereocenters. The SMILES string of the molecule is CC(C)N(C(=O)CCC(F)(F)F)[C@@H](C)NC(=O)c1ccc(/C=C/C(c2cc(Cl)c(Cl)c(Cl)c2)C(F)(F)F)cc1C(F)(F)F. The summed E-state index contributed by atoms with van der Waals surface area (Å²) in [7, 11) is 0. The number of allylic oxidation sites excluding steroid dienone is 1. The number of rotatable bonds is 9. The number of carbonyl (C=O) groups excluding carboxylic acids is 2. The van der Waals surface area contributed by atoms with E-state index in [1.807, 2.05) is 0 Å². The summed E-state index contributed by atoms with van der Waals surface area (Å²) < 4.78 is 121. The van der Waals surface area contributed by atoms with Crippen molar-refractivity contribution < 1.29 is 49.1 Å². The van der Waals surface area contributed by atoms with Gasteiger partial charge in [-0.2, -0.15) is 39.5 Å². The molecule has 2 aromatic rings. The Balaban J connectivity index is 2.41. The predicted molar refractivity (Wildman–Crippen MR) is 145 cm³/mol. The van der Waals surface area contributed by atoms with E-state index in [4.69, 9.17) is 34.8 Å². The van der Waals surface area contributed by atoms with Gasteiger partial charge in [-0.05, 0) is 56.2 Å². The average molecular weight is 686 g/mol. The van der Waals surface area contributed by atoms with Gasteiger partial charge in [0.1, 0.15) is 6.17 Å². The molecule has 0 aliphatic heterocycles. The summed E-state index contributed by atoms with van der Waals surface area (Å²) in [6, 6.07) is 3.27. The maximum Gasteiger partial charge on any atom is 0.417 e. The Morgan fingerprint density at radius 1 is 0.907 bits per heavy atom. The van der Waals surface area contributed by atoms with Gasteiger partial charge in [0.05, 0.1) is 38.5 Å². The van der Waals surface area contributed by atoms with E-state index >= 15 is 0 Å². The van der Waals surface area contributed by atoms with Gasteiger partial charge in [0.2, 0.25) is 5.91 Å². The highest BCUT2D eigenvalue weighted by Crippen LogP contribution is 2.41. The maximum absolute atomic E-state index is 13.9. The average Bonchev–Trinajstić information content (AvgIpc) is 2.84. The third-order valence-corrected chi connectivity index (χ3v) is 7.21. The number of halogens is 12. The lowest BCUT2D eigenvalue weighted by atomic mass is 9.96. The number of alkyl halides is 9. The molecule has 1 unspecified atom stereocenters. The van der Waals surface area contributed by atoms with Gasteiger partial charge in [-0.15, -0.1) is 0 Å². The Hall–Kier alpha value is -2.64. The molecular formula is C27H24Cl3F9N2O2. The van der Waals surface area contributed by atoms with Crippen molar-refractivity contribution in [2.24, 2.45) is 0 Å². The second-order valence-corrected chi connectivity index (χ2v) is 10.8. The number of amides is 2. The first kappa shape index (κ1) is 36.6. The lowest BCUT2D eigenvalue weighted by Gasteiger charge is -2.33.